The number of fused-ring (bicyclic) bond motifs is 1. The number of anilines is 1. The van der Waals surface area contributed by atoms with Crippen LogP contribution in [0.5, 0.6) is 5.75 Å². The standard InChI is InChI=1S/C22H19N3O2/c1-15-7-12-19-20(13-15)25-22(24-19)16-8-10-18(11-9-16)27-14-21(26)23-17-5-3-2-4-6-17/h2-13H,14H2,1H3,(H,23,26)(H,24,25). The van der Waals surface area contributed by atoms with Gasteiger partial charge in [-0.1, -0.05) is 24.3 Å². The number of H-pyrrole nitrogens is 1. The monoisotopic (exact) mass is 357 g/mol. The first-order valence-electron chi connectivity index (χ1n) is 8.72. The SMILES string of the molecule is Cc1ccc2nc(-c3ccc(OCC(=O)Nc4ccccc4)cc3)[nH]c2c1. The third kappa shape index (κ3) is 3.98. The number of hydrogen-bond donors (Lipinski definition) is 2. The van der Waals surface area contributed by atoms with E-state index in [1.54, 1.807) is 0 Å². The first-order valence-corrected chi connectivity index (χ1v) is 8.72. The van der Waals surface area contributed by atoms with Crippen LogP contribution in [-0.4, -0.2) is 22.5 Å². The van der Waals surface area contributed by atoms with Gasteiger partial charge in [0.15, 0.2) is 6.61 Å². The lowest BCUT2D eigenvalue weighted by atomic mass is 10.2. The number of para-hydroxylation sites is 1. The molecule has 134 valence electrons. The van der Waals surface area contributed by atoms with E-state index in [1.807, 2.05) is 66.7 Å². The highest BCUT2D eigenvalue weighted by Gasteiger charge is 2.07. The third-order valence-electron chi connectivity index (χ3n) is 4.19. The Labute approximate surface area is 157 Å². The van der Waals surface area contributed by atoms with Crippen molar-refractivity contribution in [3.8, 4) is 17.1 Å². The average molecular weight is 357 g/mol. The van der Waals surface area contributed by atoms with Crippen molar-refractivity contribution < 1.29 is 9.53 Å². The molecule has 0 saturated heterocycles. The number of aryl methyl sites for hydroxylation is 1. The number of carbonyl (C=O) groups excluding carboxylic acids is 1. The van der Waals surface area contributed by atoms with Crippen LogP contribution in [-0.2, 0) is 4.79 Å². The van der Waals surface area contributed by atoms with Crippen LogP contribution in [0.25, 0.3) is 22.4 Å². The molecule has 0 unspecified atom stereocenters. The minimum atomic E-state index is -0.196. The van der Waals surface area contributed by atoms with Crippen LogP contribution in [0.1, 0.15) is 5.56 Å². The number of aromatic nitrogens is 2. The Morgan fingerprint density at radius 2 is 1.81 bits per heavy atom. The summed E-state index contributed by atoms with van der Waals surface area (Å²) >= 11 is 0. The van der Waals surface area contributed by atoms with E-state index in [0.717, 1.165) is 28.1 Å². The van der Waals surface area contributed by atoms with Gasteiger partial charge in [-0.2, -0.15) is 0 Å². The summed E-state index contributed by atoms with van der Waals surface area (Å²) in [6.45, 7) is 2.01. The molecular weight excluding hydrogens is 338 g/mol. The van der Waals surface area contributed by atoms with Gasteiger partial charge in [0.05, 0.1) is 11.0 Å². The zero-order chi connectivity index (χ0) is 18.6. The maximum atomic E-state index is 11.9. The number of aromatic amines is 1. The molecule has 2 N–H and O–H groups in total. The normalized spacial score (nSPS) is 10.7. The Morgan fingerprint density at radius 1 is 1.04 bits per heavy atom. The largest absolute Gasteiger partial charge is 0.484 e. The topological polar surface area (TPSA) is 67.0 Å². The first-order chi connectivity index (χ1) is 13.2. The summed E-state index contributed by atoms with van der Waals surface area (Å²) in [5.41, 5.74) is 4.86. The second-order valence-corrected chi connectivity index (χ2v) is 6.33. The smallest absolute Gasteiger partial charge is 0.262 e. The van der Waals surface area contributed by atoms with Gasteiger partial charge in [0.2, 0.25) is 0 Å². The van der Waals surface area contributed by atoms with E-state index in [0.29, 0.717) is 5.75 Å². The summed E-state index contributed by atoms with van der Waals surface area (Å²) in [4.78, 5) is 19.9. The van der Waals surface area contributed by atoms with Crippen LogP contribution >= 0.6 is 0 Å². The average Bonchev–Trinajstić information content (AvgIpc) is 3.11. The van der Waals surface area contributed by atoms with Crippen LogP contribution in [0.3, 0.4) is 0 Å². The lowest BCUT2D eigenvalue weighted by Gasteiger charge is -2.08. The maximum absolute atomic E-state index is 11.9. The number of nitrogens with zero attached hydrogens (tertiary/aromatic N) is 1. The second kappa shape index (κ2) is 7.33. The van der Waals surface area contributed by atoms with E-state index in [9.17, 15) is 4.79 Å². The highest BCUT2D eigenvalue weighted by molar-refractivity contribution is 5.91. The Hall–Kier alpha value is -3.60. The summed E-state index contributed by atoms with van der Waals surface area (Å²) in [5.74, 6) is 1.25. The van der Waals surface area contributed by atoms with Gasteiger partial charge in [-0.3, -0.25) is 4.79 Å². The molecule has 1 heterocycles. The van der Waals surface area contributed by atoms with E-state index in [2.05, 4.69) is 28.3 Å². The van der Waals surface area contributed by atoms with Gasteiger partial charge in [0, 0.05) is 11.3 Å². The molecule has 0 fully saturated rings. The summed E-state index contributed by atoms with van der Waals surface area (Å²) < 4.78 is 5.56. The zero-order valence-corrected chi connectivity index (χ0v) is 14.9. The van der Waals surface area contributed by atoms with Crippen LogP contribution in [0.4, 0.5) is 5.69 Å². The zero-order valence-electron chi connectivity index (χ0n) is 14.9. The molecule has 1 aromatic heterocycles. The van der Waals surface area contributed by atoms with Gasteiger partial charge in [0.25, 0.3) is 5.91 Å². The van der Waals surface area contributed by atoms with Gasteiger partial charge < -0.3 is 15.0 Å². The molecule has 0 atom stereocenters. The van der Waals surface area contributed by atoms with Gasteiger partial charge in [-0.25, -0.2) is 4.98 Å². The maximum Gasteiger partial charge on any atom is 0.262 e. The van der Waals surface area contributed by atoms with Crippen LogP contribution in [0.2, 0.25) is 0 Å². The summed E-state index contributed by atoms with van der Waals surface area (Å²) in [6.07, 6.45) is 0. The molecule has 0 aliphatic heterocycles. The molecule has 0 spiro atoms. The number of ether oxygens (including phenoxy) is 1. The minimum Gasteiger partial charge on any atom is -0.484 e. The fraction of sp³-hybridized carbons (Fsp3) is 0.0909. The summed E-state index contributed by atoms with van der Waals surface area (Å²) in [7, 11) is 0. The van der Waals surface area contributed by atoms with Crippen molar-refractivity contribution in [2.75, 3.05) is 11.9 Å². The molecule has 5 heteroatoms. The number of hydrogen-bond acceptors (Lipinski definition) is 3. The van der Waals surface area contributed by atoms with Crippen molar-refractivity contribution in [3.05, 3.63) is 78.4 Å². The third-order valence-corrected chi connectivity index (χ3v) is 4.19. The molecule has 0 bridgehead atoms. The lowest BCUT2D eigenvalue weighted by Crippen LogP contribution is -2.20. The molecule has 4 rings (SSSR count). The quantitative estimate of drug-likeness (QED) is 0.550. The van der Waals surface area contributed by atoms with E-state index >= 15 is 0 Å². The predicted molar refractivity (Wildman–Crippen MR) is 107 cm³/mol. The van der Waals surface area contributed by atoms with Crippen molar-refractivity contribution in [2.24, 2.45) is 0 Å². The molecule has 3 aromatic carbocycles. The first kappa shape index (κ1) is 16.8. The highest BCUT2D eigenvalue weighted by atomic mass is 16.5. The van der Waals surface area contributed by atoms with Gasteiger partial charge in [-0.15, -0.1) is 0 Å². The second-order valence-electron chi connectivity index (χ2n) is 6.33. The van der Waals surface area contributed by atoms with E-state index in [4.69, 9.17) is 4.74 Å². The van der Waals surface area contributed by atoms with E-state index in [1.165, 1.54) is 5.56 Å². The number of benzene rings is 3. The molecule has 4 aromatic rings. The van der Waals surface area contributed by atoms with Crippen molar-refractivity contribution in [1.29, 1.82) is 0 Å². The number of imidazole rings is 1. The van der Waals surface area contributed by atoms with E-state index in [-0.39, 0.29) is 12.5 Å². The van der Waals surface area contributed by atoms with Crippen LogP contribution in [0, 0.1) is 6.92 Å². The van der Waals surface area contributed by atoms with Gasteiger partial charge >= 0.3 is 0 Å². The summed E-state index contributed by atoms with van der Waals surface area (Å²) in [5, 5.41) is 2.79. The van der Waals surface area contributed by atoms with Crippen LogP contribution < -0.4 is 10.1 Å². The molecular formula is C22H19N3O2. The Balaban J connectivity index is 1.40. The van der Waals surface area contributed by atoms with Crippen molar-refractivity contribution in [2.45, 2.75) is 6.92 Å². The fourth-order valence-electron chi connectivity index (χ4n) is 2.84. The fourth-order valence-corrected chi connectivity index (χ4v) is 2.84. The molecule has 0 aliphatic carbocycles. The van der Waals surface area contributed by atoms with Crippen molar-refractivity contribution >= 4 is 22.6 Å². The molecule has 1 amide bonds. The molecule has 27 heavy (non-hydrogen) atoms. The number of amides is 1. The number of nitrogens with one attached hydrogen (secondary N) is 2. The number of rotatable bonds is 5. The predicted octanol–water partition coefficient (Wildman–Crippen LogP) is 4.56. The molecule has 5 nitrogen and oxygen atoms in total. The number of carbonyl (C=O) groups is 1. The minimum absolute atomic E-state index is 0.0435. The highest BCUT2D eigenvalue weighted by Crippen LogP contribution is 2.23. The van der Waals surface area contributed by atoms with Gasteiger partial charge in [0.1, 0.15) is 11.6 Å². The summed E-state index contributed by atoms with van der Waals surface area (Å²) in [6, 6.07) is 23.0. The lowest BCUT2D eigenvalue weighted by molar-refractivity contribution is -0.118. The van der Waals surface area contributed by atoms with Crippen LogP contribution in [0.15, 0.2) is 72.8 Å². The Bertz CT molecular complexity index is 1070. The molecule has 0 saturated carbocycles. The van der Waals surface area contributed by atoms with Crippen molar-refractivity contribution in [3.63, 3.8) is 0 Å². The Kier molecular flexibility index (Phi) is 4.58. The van der Waals surface area contributed by atoms with Gasteiger partial charge in [-0.05, 0) is 61.0 Å². The molecule has 0 radical (unpaired) electrons. The molecule has 0 aliphatic rings. The van der Waals surface area contributed by atoms with Crippen molar-refractivity contribution in [1.82, 2.24) is 9.97 Å². The Morgan fingerprint density at radius 3 is 2.59 bits per heavy atom. The van der Waals surface area contributed by atoms with E-state index < -0.39 is 0 Å².